The van der Waals surface area contributed by atoms with E-state index in [-0.39, 0.29) is 18.7 Å². The van der Waals surface area contributed by atoms with Gasteiger partial charge in [-0.25, -0.2) is 4.79 Å². The highest BCUT2D eigenvalue weighted by Gasteiger charge is 2.34. The normalized spacial score (nSPS) is 19.0. The summed E-state index contributed by atoms with van der Waals surface area (Å²) < 4.78 is 5.30. The summed E-state index contributed by atoms with van der Waals surface area (Å²) in [5.41, 5.74) is 7.84. The number of ether oxygens (including phenoxy) is 1. The van der Waals surface area contributed by atoms with Gasteiger partial charge in [0.15, 0.2) is 0 Å². The molecule has 0 saturated heterocycles. The van der Waals surface area contributed by atoms with Crippen molar-refractivity contribution in [2.45, 2.75) is 44.9 Å². The van der Waals surface area contributed by atoms with E-state index in [2.05, 4.69) is 0 Å². The Bertz CT molecular complexity index is 478. The summed E-state index contributed by atoms with van der Waals surface area (Å²) in [7, 11) is 0. The minimum Gasteiger partial charge on any atom is -0.449 e. The Hall–Kier alpha value is -1.59. The molecule has 0 unspecified atom stereocenters. The lowest BCUT2D eigenvalue weighted by Gasteiger charge is -2.38. The van der Waals surface area contributed by atoms with Gasteiger partial charge in [-0.2, -0.15) is 0 Å². The second-order valence-electron chi connectivity index (χ2n) is 5.44. The van der Waals surface area contributed by atoms with Crippen molar-refractivity contribution in [3.8, 4) is 0 Å². The van der Waals surface area contributed by atoms with Crippen LogP contribution in [0.25, 0.3) is 0 Å². The average molecular weight is 292 g/mol. The summed E-state index contributed by atoms with van der Waals surface area (Å²) in [5, 5.41) is 10.1. The van der Waals surface area contributed by atoms with Crippen molar-refractivity contribution >= 4 is 6.09 Å². The average Bonchev–Trinajstić information content (AvgIpc) is 2.53. The summed E-state index contributed by atoms with van der Waals surface area (Å²) in [6.07, 6.45) is 1.33. The van der Waals surface area contributed by atoms with E-state index in [1.165, 1.54) is 0 Å². The van der Waals surface area contributed by atoms with Gasteiger partial charge in [0.25, 0.3) is 0 Å². The number of nitrogens with zero attached hydrogens (tertiary/aromatic N) is 1. The fraction of sp³-hybridized carbons (Fsp3) is 0.562. The van der Waals surface area contributed by atoms with E-state index in [9.17, 15) is 9.90 Å². The molecule has 2 rings (SSSR count). The summed E-state index contributed by atoms with van der Waals surface area (Å²) in [4.78, 5) is 13.9. The number of aliphatic hydroxyl groups excluding tert-OH is 1. The zero-order valence-electron chi connectivity index (χ0n) is 12.5. The Labute approximate surface area is 125 Å². The van der Waals surface area contributed by atoms with Crippen LogP contribution in [-0.2, 0) is 17.7 Å². The first-order chi connectivity index (χ1) is 10.2. The van der Waals surface area contributed by atoms with E-state index in [0.29, 0.717) is 19.6 Å². The molecule has 0 bridgehead atoms. The van der Waals surface area contributed by atoms with Crippen LogP contribution in [0.2, 0.25) is 0 Å². The summed E-state index contributed by atoms with van der Waals surface area (Å²) in [6.45, 7) is 3.05. The molecule has 3 N–H and O–H groups in total. The topological polar surface area (TPSA) is 75.8 Å². The maximum atomic E-state index is 12.3. The van der Waals surface area contributed by atoms with Gasteiger partial charge in [0.2, 0.25) is 0 Å². The minimum atomic E-state index is -0.739. The van der Waals surface area contributed by atoms with Crippen LogP contribution in [0.5, 0.6) is 0 Å². The van der Waals surface area contributed by atoms with Gasteiger partial charge in [0.1, 0.15) is 0 Å². The van der Waals surface area contributed by atoms with Crippen molar-refractivity contribution in [1.82, 2.24) is 4.90 Å². The third-order valence-corrected chi connectivity index (χ3v) is 3.93. The van der Waals surface area contributed by atoms with Crippen LogP contribution in [0.1, 0.15) is 30.9 Å². The first-order valence-corrected chi connectivity index (χ1v) is 7.55. The van der Waals surface area contributed by atoms with E-state index in [0.717, 1.165) is 24.0 Å². The number of unbranched alkanes of at least 4 members (excludes halogenated alkanes) is 1. The number of carbonyl (C=O) groups excluding carboxylic acids is 1. The number of amides is 1. The van der Waals surface area contributed by atoms with Crippen LogP contribution < -0.4 is 5.73 Å². The molecular formula is C16H24N2O3. The second-order valence-corrected chi connectivity index (χ2v) is 5.44. The third-order valence-electron chi connectivity index (χ3n) is 3.93. The lowest BCUT2D eigenvalue weighted by Crippen LogP contribution is -2.52. The molecule has 2 atom stereocenters. The molecule has 1 aliphatic heterocycles. The number of fused-ring (bicyclic) bond motifs is 1. The largest absolute Gasteiger partial charge is 0.449 e. The zero-order valence-corrected chi connectivity index (χ0v) is 12.5. The van der Waals surface area contributed by atoms with Crippen LogP contribution in [0.15, 0.2) is 24.3 Å². The predicted octanol–water partition coefficient (Wildman–Crippen LogP) is 1.67. The van der Waals surface area contributed by atoms with Gasteiger partial charge < -0.3 is 15.6 Å². The molecule has 0 fully saturated rings. The van der Waals surface area contributed by atoms with Gasteiger partial charge in [-0.05, 0) is 24.0 Å². The Morgan fingerprint density at radius 3 is 2.86 bits per heavy atom. The summed E-state index contributed by atoms with van der Waals surface area (Å²) >= 11 is 0. The van der Waals surface area contributed by atoms with Crippen LogP contribution >= 0.6 is 0 Å². The van der Waals surface area contributed by atoms with E-state index in [1.807, 2.05) is 31.2 Å². The molecule has 1 aliphatic rings. The van der Waals surface area contributed by atoms with Crippen molar-refractivity contribution in [3.05, 3.63) is 35.4 Å². The van der Waals surface area contributed by atoms with Crippen molar-refractivity contribution in [1.29, 1.82) is 0 Å². The van der Waals surface area contributed by atoms with Crippen molar-refractivity contribution < 1.29 is 14.6 Å². The molecule has 0 aliphatic carbocycles. The molecule has 1 heterocycles. The second kappa shape index (κ2) is 7.43. The molecule has 0 saturated carbocycles. The van der Waals surface area contributed by atoms with E-state index in [4.69, 9.17) is 10.5 Å². The highest BCUT2D eigenvalue weighted by Crippen LogP contribution is 2.25. The number of nitrogens with two attached hydrogens (primary N) is 1. The third kappa shape index (κ3) is 3.74. The number of rotatable bonds is 5. The zero-order chi connectivity index (χ0) is 15.2. The first kappa shape index (κ1) is 15.8. The van der Waals surface area contributed by atoms with Crippen LogP contribution in [-0.4, -0.2) is 41.4 Å². The molecule has 0 radical (unpaired) electrons. The van der Waals surface area contributed by atoms with Crippen LogP contribution in [0, 0.1) is 0 Å². The smallest absolute Gasteiger partial charge is 0.410 e. The van der Waals surface area contributed by atoms with Gasteiger partial charge in [-0.15, -0.1) is 0 Å². The number of hydrogen-bond donors (Lipinski definition) is 2. The molecular weight excluding hydrogens is 268 g/mol. The SMILES string of the molecule is CCCCOC(=O)N1Cc2ccccc2C[C@H]1[C@H](O)CN. The first-order valence-electron chi connectivity index (χ1n) is 7.55. The maximum absolute atomic E-state index is 12.3. The fourth-order valence-electron chi connectivity index (χ4n) is 2.63. The molecule has 1 aromatic rings. The van der Waals surface area contributed by atoms with Crippen molar-refractivity contribution in [2.24, 2.45) is 5.73 Å². The summed E-state index contributed by atoms with van der Waals surface area (Å²) in [5.74, 6) is 0. The quantitative estimate of drug-likeness (QED) is 0.809. The Morgan fingerprint density at radius 1 is 1.48 bits per heavy atom. The number of hydrogen-bond acceptors (Lipinski definition) is 4. The molecule has 1 amide bonds. The van der Waals surface area contributed by atoms with Crippen molar-refractivity contribution in [2.75, 3.05) is 13.2 Å². The van der Waals surface area contributed by atoms with Gasteiger partial charge in [-0.3, -0.25) is 4.90 Å². The highest BCUT2D eigenvalue weighted by atomic mass is 16.6. The predicted molar refractivity (Wildman–Crippen MR) is 80.8 cm³/mol. The molecule has 116 valence electrons. The van der Waals surface area contributed by atoms with Crippen LogP contribution in [0.3, 0.4) is 0 Å². The van der Waals surface area contributed by atoms with Gasteiger partial charge in [-0.1, -0.05) is 37.6 Å². The number of aliphatic hydroxyl groups is 1. The van der Waals surface area contributed by atoms with Gasteiger partial charge in [0, 0.05) is 13.1 Å². The van der Waals surface area contributed by atoms with Gasteiger partial charge >= 0.3 is 6.09 Å². The molecule has 5 nitrogen and oxygen atoms in total. The lowest BCUT2D eigenvalue weighted by molar-refractivity contribution is 0.0277. The van der Waals surface area contributed by atoms with E-state index < -0.39 is 6.10 Å². The fourth-order valence-corrected chi connectivity index (χ4v) is 2.63. The number of benzene rings is 1. The van der Waals surface area contributed by atoms with E-state index in [1.54, 1.807) is 4.90 Å². The monoisotopic (exact) mass is 292 g/mol. The molecule has 21 heavy (non-hydrogen) atoms. The van der Waals surface area contributed by atoms with Crippen molar-refractivity contribution in [3.63, 3.8) is 0 Å². The molecule has 0 spiro atoms. The Kier molecular flexibility index (Phi) is 5.59. The lowest BCUT2D eigenvalue weighted by atomic mass is 9.91. The standard InChI is InChI=1S/C16H24N2O3/c1-2-3-8-21-16(20)18-11-13-7-5-4-6-12(13)9-14(18)15(19)10-17/h4-7,14-15,19H,2-3,8-11,17H2,1H3/t14-,15+/m0/s1. The maximum Gasteiger partial charge on any atom is 0.410 e. The number of carbonyl (C=O) groups is 1. The minimum absolute atomic E-state index is 0.131. The molecule has 0 aromatic heterocycles. The highest BCUT2D eigenvalue weighted by molar-refractivity contribution is 5.69. The van der Waals surface area contributed by atoms with Gasteiger partial charge in [0.05, 0.1) is 18.8 Å². The van der Waals surface area contributed by atoms with E-state index >= 15 is 0 Å². The van der Waals surface area contributed by atoms with Crippen LogP contribution in [0.4, 0.5) is 4.79 Å². The summed E-state index contributed by atoms with van der Waals surface area (Å²) in [6, 6.07) is 7.65. The molecule has 1 aromatic carbocycles. The molecule has 5 heteroatoms. The Morgan fingerprint density at radius 2 is 2.19 bits per heavy atom. The Balaban J connectivity index is 2.14.